The minimum Gasteiger partial charge on any atom is -0.496 e. The van der Waals surface area contributed by atoms with Gasteiger partial charge in [-0.25, -0.2) is 0 Å². The molecular formula is C27H22O3. The van der Waals surface area contributed by atoms with Gasteiger partial charge in [0.05, 0.1) is 7.11 Å². The molecule has 0 aromatic heterocycles. The van der Waals surface area contributed by atoms with Crippen LogP contribution in [0, 0.1) is 0 Å². The van der Waals surface area contributed by atoms with Crippen molar-refractivity contribution in [3.8, 4) is 11.5 Å². The first kappa shape index (κ1) is 19.5. The summed E-state index contributed by atoms with van der Waals surface area (Å²) in [6, 6.07) is 29.2. The molecule has 0 N–H and O–H groups in total. The van der Waals surface area contributed by atoms with E-state index in [9.17, 15) is 4.79 Å². The van der Waals surface area contributed by atoms with E-state index < -0.39 is 0 Å². The van der Waals surface area contributed by atoms with Crippen molar-refractivity contribution >= 4 is 22.6 Å². The van der Waals surface area contributed by atoms with Gasteiger partial charge in [0.1, 0.15) is 18.1 Å². The number of hydrogen-bond acceptors (Lipinski definition) is 3. The molecule has 0 aliphatic rings. The molecule has 0 fully saturated rings. The Kier molecular flexibility index (Phi) is 5.90. The van der Waals surface area contributed by atoms with E-state index in [0.717, 1.165) is 33.4 Å². The lowest BCUT2D eigenvalue weighted by Crippen LogP contribution is -1.99. The van der Waals surface area contributed by atoms with E-state index in [4.69, 9.17) is 9.47 Å². The van der Waals surface area contributed by atoms with E-state index in [1.165, 1.54) is 0 Å². The number of methoxy groups -OCH3 is 1. The van der Waals surface area contributed by atoms with Gasteiger partial charge in [-0.1, -0.05) is 66.7 Å². The fraction of sp³-hybridized carbons (Fsp3) is 0.0741. The summed E-state index contributed by atoms with van der Waals surface area (Å²) in [7, 11) is 1.64. The maximum absolute atomic E-state index is 12.6. The van der Waals surface area contributed by atoms with E-state index in [2.05, 4.69) is 0 Å². The minimum atomic E-state index is -0.0290. The number of hydrogen-bond donors (Lipinski definition) is 0. The molecule has 0 aliphatic carbocycles. The highest BCUT2D eigenvalue weighted by molar-refractivity contribution is 6.08. The molecule has 0 atom stereocenters. The summed E-state index contributed by atoms with van der Waals surface area (Å²) < 4.78 is 11.3. The first-order valence-electron chi connectivity index (χ1n) is 9.79. The first-order valence-corrected chi connectivity index (χ1v) is 9.79. The second-order valence-electron chi connectivity index (χ2n) is 6.93. The van der Waals surface area contributed by atoms with E-state index in [-0.39, 0.29) is 5.78 Å². The Morgan fingerprint density at radius 2 is 1.60 bits per heavy atom. The highest BCUT2D eigenvalue weighted by Gasteiger charge is 2.06. The first-order chi connectivity index (χ1) is 14.7. The number of ether oxygens (including phenoxy) is 2. The van der Waals surface area contributed by atoms with Crippen LogP contribution >= 0.6 is 0 Å². The number of carbonyl (C=O) groups is 1. The van der Waals surface area contributed by atoms with Crippen molar-refractivity contribution in [2.24, 2.45) is 0 Å². The number of allylic oxidation sites excluding steroid dienone is 1. The smallest absolute Gasteiger partial charge is 0.185 e. The molecule has 0 saturated heterocycles. The van der Waals surface area contributed by atoms with E-state index in [0.29, 0.717) is 12.2 Å². The van der Waals surface area contributed by atoms with Crippen LogP contribution in [0.1, 0.15) is 21.5 Å². The minimum absolute atomic E-state index is 0.0290. The average Bonchev–Trinajstić information content (AvgIpc) is 2.81. The van der Waals surface area contributed by atoms with Crippen molar-refractivity contribution in [2.45, 2.75) is 6.61 Å². The van der Waals surface area contributed by atoms with Crippen LogP contribution in [-0.2, 0) is 6.61 Å². The number of fused-ring (bicyclic) bond motifs is 1. The van der Waals surface area contributed by atoms with E-state index in [1.807, 2.05) is 97.1 Å². The molecule has 4 rings (SSSR count). The molecule has 0 bridgehead atoms. The highest BCUT2D eigenvalue weighted by atomic mass is 16.5. The van der Waals surface area contributed by atoms with Crippen LogP contribution in [0.5, 0.6) is 11.5 Å². The van der Waals surface area contributed by atoms with Crippen LogP contribution in [0.25, 0.3) is 16.8 Å². The lowest BCUT2D eigenvalue weighted by Gasteiger charge is -2.11. The van der Waals surface area contributed by atoms with Gasteiger partial charge in [-0.05, 0) is 52.7 Å². The molecule has 0 heterocycles. The summed E-state index contributed by atoms with van der Waals surface area (Å²) in [5.41, 5.74) is 2.50. The largest absolute Gasteiger partial charge is 0.496 e. The molecule has 3 heteroatoms. The van der Waals surface area contributed by atoms with Crippen LogP contribution in [-0.4, -0.2) is 12.9 Å². The second-order valence-corrected chi connectivity index (χ2v) is 6.93. The van der Waals surface area contributed by atoms with Crippen LogP contribution in [0.15, 0.2) is 97.1 Å². The van der Waals surface area contributed by atoms with Crippen LogP contribution in [0.3, 0.4) is 0 Å². The average molecular weight is 394 g/mol. The number of para-hydroxylation sites is 1. The zero-order chi connectivity index (χ0) is 20.8. The lowest BCUT2D eigenvalue weighted by molar-refractivity contribution is 0.104. The van der Waals surface area contributed by atoms with Gasteiger partial charge in [0.2, 0.25) is 0 Å². The standard InChI is InChI=1S/C27H22O3/c1-29-27-16-12-20(17-24(27)19-30-25-9-3-2-4-10-25)11-15-26(28)23-14-13-21-7-5-6-8-22(21)18-23/h2-18H,19H2,1H3/b15-11+. The monoisotopic (exact) mass is 394 g/mol. The van der Waals surface area contributed by atoms with Gasteiger partial charge in [-0.15, -0.1) is 0 Å². The Hall–Kier alpha value is -3.85. The Balaban J connectivity index is 1.51. The third-order valence-electron chi connectivity index (χ3n) is 4.90. The number of rotatable bonds is 7. The van der Waals surface area contributed by atoms with Gasteiger partial charge in [0.15, 0.2) is 5.78 Å². The van der Waals surface area contributed by atoms with Crippen molar-refractivity contribution in [1.82, 2.24) is 0 Å². The fourth-order valence-electron chi connectivity index (χ4n) is 3.30. The van der Waals surface area contributed by atoms with Crippen molar-refractivity contribution in [1.29, 1.82) is 0 Å². The predicted molar refractivity (Wildman–Crippen MR) is 121 cm³/mol. The molecular weight excluding hydrogens is 372 g/mol. The van der Waals surface area contributed by atoms with Crippen molar-refractivity contribution in [2.75, 3.05) is 7.11 Å². The van der Waals surface area contributed by atoms with Crippen molar-refractivity contribution < 1.29 is 14.3 Å². The molecule has 0 unspecified atom stereocenters. The van der Waals surface area contributed by atoms with Gasteiger partial charge < -0.3 is 9.47 Å². The molecule has 0 saturated carbocycles. The maximum atomic E-state index is 12.6. The summed E-state index contributed by atoms with van der Waals surface area (Å²) in [5.74, 6) is 1.52. The summed E-state index contributed by atoms with van der Waals surface area (Å²) in [6.07, 6.45) is 3.43. The van der Waals surface area contributed by atoms with E-state index >= 15 is 0 Å². The maximum Gasteiger partial charge on any atom is 0.185 e. The Morgan fingerprint density at radius 1 is 0.833 bits per heavy atom. The molecule has 0 amide bonds. The topological polar surface area (TPSA) is 35.5 Å². The molecule has 4 aromatic carbocycles. The van der Waals surface area contributed by atoms with E-state index in [1.54, 1.807) is 13.2 Å². The van der Waals surface area contributed by atoms with Gasteiger partial charge in [0, 0.05) is 11.1 Å². The number of benzene rings is 4. The van der Waals surface area contributed by atoms with Gasteiger partial charge in [-0.3, -0.25) is 4.79 Å². The SMILES string of the molecule is COc1ccc(/C=C/C(=O)c2ccc3ccccc3c2)cc1COc1ccccc1. The Labute approximate surface area is 176 Å². The van der Waals surface area contributed by atoms with Crippen LogP contribution in [0.2, 0.25) is 0 Å². The quantitative estimate of drug-likeness (QED) is 0.272. The zero-order valence-corrected chi connectivity index (χ0v) is 16.7. The third-order valence-corrected chi connectivity index (χ3v) is 4.90. The van der Waals surface area contributed by atoms with Crippen LogP contribution in [0.4, 0.5) is 0 Å². The normalized spacial score (nSPS) is 11.0. The molecule has 0 aliphatic heterocycles. The summed E-state index contributed by atoms with van der Waals surface area (Å²) in [4.78, 5) is 12.6. The predicted octanol–water partition coefficient (Wildman–Crippen LogP) is 6.32. The third kappa shape index (κ3) is 4.58. The summed E-state index contributed by atoms with van der Waals surface area (Å²) in [5, 5.41) is 2.18. The summed E-state index contributed by atoms with van der Waals surface area (Å²) in [6.45, 7) is 0.382. The fourth-order valence-corrected chi connectivity index (χ4v) is 3.30. The van der Waals surface area contributed by atoms with Crippen LogP contribution < -0.4 is 9.47 Å². The molecule has 3 nitrogen and oxygen atoms in total. The molecule has 30 heavy (non-hydrogen) atoms. The van der Waals surface area contributed by atoms with Gasteiger partial charge in [0.25, 0.3) is 0 Å². The molecule has 0 radical (unpaired) electrons. The summed E-state index contributed by atoms with van der Waals surface area (Å²) >= 11 is 0. The lowest BCUT2D eigenvalue weighted by atomic mass is 10.0. The number of ketones is 1. The molecule has 148 valence electrons. The van der Waals surface area contributed by atoms with Crippen molar-refractivity contribution in [3.05, 3.63) is 114 Å². The Bertz CT molecular complexity index is 1190. The van der Waals surface area contributed by atoms with Gasteiger partial charge >= 0.3 is 0 Å². The number of carbonyl (C=O) groups excluding carboxylic acids is 1. The van der Waals surface area contributed by atoms with Crippen molar-refractivity contribution in [3.63, 3.8) is 0 Å². The molecule has 4 aromatic rings. The Morgan fingerprint density at radius 3 is 2.40 bits per heavy atom. The molecule has 0 spiro atoms. The zero-order valence-electron chi connectivity index (χ0n) is 16.7. The highest BCUT2D eigenvalue weighted by Crippen LogP contribution is 2.23. The van der Waals surface area contributed by atoms with Gasteiger partial charge in [-0.2, -0.15) is 0 Å². The second kappa shape index (κ2) is 9.10.